The fourth-order valence-electron chi connectivity index (χ4n) is 4.14. The molecule has 6 nitrogen and oxygen atoms in total. The van der Waals surface area contributed by atoms with Crippen molar-refractivity contribution in [1.29, 1.82) is 0 Å². The van der Waals surface area contributed by atoms with Crippen molar-refractivity contribution in [2.24, 2.45) is 0 Å². The molecular weight excluding hydrogens is 330 g/mol. The molecule has 0 N–H and O–H groups in total. The highest BCUT2D eigenvalue weighted by atomic mass is 16.5. The van der Waals surface area contributed by atoms with E-state index in [0.717, 1.165) is 67.6 Å². The number of hydrogen-bond acceptors (Lipinski definition) is 5. The molecule has 3 aromatic rings. The molecule has 2 aromatic heterocycles. The molecule has 26 heavy (non-hydrogen) atoms. The molecule has 1 aliphatic carbocycles. The number of ether oxygens (including phenoxy) is 1. The summed E-state index contributed by atoms with van der Waals surface area (Å²) in [6.07, 6.45) is 9.46. The Kier molecular flexibility index (Phi) is 3.78. The first kappa shape index (κ1) is 15.6. The summed E-state index contributed by atoms with van der Waals surface area (Å²) in [6.45, 7) is 3.17. The van der Waals surface area contributed by atoms with Gasteiger partial charge in [-0.1, -0.05) is 0 Å². The molecule has 2 aliphatic rings. The first-order valence-corrected chi connectivity index (χ1v) is 9.21. The fraction of sp³-hybridized carbons (Fsp3) is 0.400. The van der Waals surface area contributed by atoms with Gasteiger partial charge in [0.2, 0.25) is 0 Å². The monoisotopic (exact) mass is 351 g/mol. The lowest BCUT2D eigenvalue weighted by Crippen LogP contribution is -2.33. The summed E-state index contributed by atoms with van der Waals surface area (Å²) >= 11 is 0. The molecule has 0 atom stereocenters. The molecule has 5 rings (SSSR count). The van der Waals surface area contributed by atoms with Crippen molar-refractivity contribution in [2.45, 2.75) is 38.8 Å². The fourth-order valence-corrected chi connectivity index (χ4v) is 4.14. The van der Waals surface area contributed by atoms with Crippen molar-refractivity contribution in [3.05, 3.63) is 58.0 Å². The van der Waals surface area contributed by atoms with Crippen molar-refractivity contribution in [3.8, 4) is 5.75 Å². The van der Waals surface area contributed by atoms with Gasteiger partial charge in [-0.3, -0.25) is 4.90 Å². The van der Waals surface area contributed by atoms with Gasteiger partial charge >= 0.3 is 5.63 Å². The van der Waals surface area contributed by atoms with Crippen LogP contribution in [-0.4, -0.2) is 27.7 Å². The van der Waals surface area contributed by atoms with Crippen LogP contribution in [0, 0.1) is 0 Å². The minimum Gasteiger partial charge on any atom is -0.478 e. The molecule has 0 unspecified atom stereocenters. The Morgan fingerprint density at radius 2 is 2.04 bits per heavy atom. The van der Waals surface area contributed by atoms with Gasteiger partial charge in [0.15, 0.2) is 0 Å². The lowest BCUT2D eigenvalue weighted by molar-refractivity contribution is 0.0933. The first-order chi connectivity index (χ1) is 12.8. The Bertz CT molecular complexity index is 1010. The number of fused-ring (bicyclic) bond motifs is 5. The van der Waals surface area contributed by atoms with E-state index >= 15 is 0 Å². The minimum atomic E-state index is -0.171. The number of aryl methyl sites for hydroxylation is 2. The third-order valence-electron chi connectivity index (χ3n) is 5.44. The standard InChI is InChI=1S/C20H21N3O3/c24-20-16-4-1-3-14(16)15-5-6-18-17(19(15)26-20)11-23(13-25-18)9-2-8-22-10-7-21-12-22/h5-7,10,12H,1-4,8-9,11,13H2. The molecule has 134 valence electrons. The molecule has 1 aliphatic heterocycles. The molecule has 6 heteroatoms. The zero-order valence-electron chi connectivity index (χ0n) is 14.6. The maximum atomic E-state index is 12.4. The van der Waals surface area contributed by atoms with E-state index in [0.29, 0.717) is 12.3 Å². The topological polar surface area (TPSA) is 60.5 Å². The van der Waals surface area contributed by atoms with Crippen LogP contribution in [0.2, 0.25) is 0 Å². The van der Waals surface area contributed by atoms with Gasteiger partial charge in [0.05, 0.1) is 11.9 Å². The van der Waals surface area contributed by atoms with Crippen LogP contribution in [0.5, 0.6) is 5.75 Å². The van der Waals surface area contributed by atoms with E-state index in [9.17, 15) is 4.79 Å². The van der Waals surface area contributed by atoms with Crippen LogP contribution < -0.4 is 10.4 Å². The summed E-state index contributed by atoms with van der Waals surface area (Å²) in [5.74, 6) is 0.837. The summed E-state index contributed by atoms with van der Waals surface area (Å²) < 4.78 is 13.8. The van der Waals surface area contributed by atoms with E-state index in [4.69, 9.17) is 9.15 Å². The molecule has 0 amide bonds. The quantitative estimate of drug-likeness (QED) is 0.677. The summed E-state index contributed by atoms with van der Waals surface area (Å²) in [5, 5.41) is 1.08. The highest BCUT2D eigenvalue weighted by Crippen LogP contribution is 2.35. The van der Waals surface area contributed by atoms with E-state index in [2.05, 4.69) is 20.5 Å². The Morgan fingerprint density at radius 1 is 1.12 bits per heavy atom. The second-order valence-corrected chi connectivity index (χ2v) is 7.10. The maximum absolute atomic E-state index is 12.4. The van der Waals surface area contributed by atoms with E-state index in [1.54, 1.807) is 6.20 Å². The summed E-state index contributed by atoms with van der Waals surface area (Å²) in [5.41, 5.74) is 3.59. The summed E-state index contributed by atoms with van der Waals surface area (Å²) in [4.78, 5) is 18.7. The number of imidazole rings is 1. The summed E-state index contributed by atoms with van der Waals surface area (Å²) in [7, 11) is 0. The second-order valence-electron chi connectivity index (χ2n) is 7.10. The van der Waals surface area contributed by atoms with E-state index < -0.39 is 0 Å². The van der Waals surface area contributed by atoms with Gasteiger partial charge in [-0.2, -0.15) is 0 Å². The van der Waals surface area contributed by atoms with Gasteiger partial charge in [0.1, 0.15) is 18.1 Å². The van der Waals surface area contributed by atoms with Crippen molar-refractivity contribution in [1.82, 2.24) is 14.5 Å². The zero-order chi connectivity index (χ0) is 17.5. The predicted octanol–water partition coefficient (Wildman–Crippen LogP) is 2.72. The Hall–Kier alpha value is -2.60. The number of aromatic nitrogens is 2. The first-order valence-electron chi connectivity index (χ1n) is 9.21. The van der Waals surface area contributed by atoms with Gasteiger partial charge in [-0.05, 0) is 43.4 Å². The van der Waals surface area contributed by atoms with Crippen LogP contribution in [0.3, 0.4) is 0 Å². The smallest absolute Gasteiger partial charge is 0.339 e. The van der Waals surface area contributed by atoms with Crippen molar-refractivity contribution in [3.63, 3.8) is 0 Å². The van der Waals surface area contributed by atoms with Crippen LogP contribution >= 0.6 is 0 Å². The number of rotatable bonds is 4. The average Bonchev–Trinajstić information content (AvgIpc) is 3.34. The van der Waals surface area contributed by atoms with Crippen LogP contribution in [0.4, 0.5) is 0 Å². The Labute approximate surface area is 151 Å². The molecule has 0 saturated heterocycles. The van der Waals surface area contributed by atoms with Crippen molar-refractivity contribution < 1.29 is 9.15 Å². The van der Waals surface area contributed by atoms with E-state index in [-0.39, 0.29) is 5.63 Å². The van der Waals surface area contributed by atoms with Crippen LogP contribution in [0.25, 0.3) is 11.0 Å². The van der Waals surface area contributed by atoms with Gasteiger partial charge in [-0.25, -0.2) is 9.78 Å². The zero-order valence-corrected chi connectivity index (χ0v) is 14.6. The van der Waals surface area contributed by atoms with Crippen molar-refractivity contribution >= 4 is 11.0 Å². The normalized spacial score (nSPS) is 16.5. The lowest BCUT2D eigenvalue weighted by Gasteiger charge is -2.29. The Morgan fingerprint density at radius 3 is 2.92 bits per heavy atom. The lowest BCUT2D eigenvalue weighted by atomic mass is 10.0. The number of hydrogen-bond donors (Lipinski definition) is 0. The largest absolute Gasteiger partial charge is 0.478 e. The van der Waals surface area contributed by atoms with Crippen LogP contribution in [-0.2, 0) is 25.9 Å². The predicted molar refractivity (Wildman–Crippen MR) is 97.3 cm³/mol. The van der Waals surface area contributed by atoms with Crippen LogP contribution in [0.15, 0.2) is 40.1 Å². The second kappa shape index (κ2) is 6.29. The van der Waals surface area contributed by atoms with E-state index in [1.807, 2.05) is 18.6 Å². The highest BCUT2D eigenvalue weighted by molar-refractivity contribution is 5.86. The molecule has 0 bridgehead atoms. The minimum absolute atomic E-state index is 0.171. The summed E-state index contributed by atoms with van der Waals surface area (Å²) in [6, 6.07) is 4.08. The molecule has 3 heterocycles. The van der Waals surface area contributed by atoms with Crippen molar-refractivity contribution in [2.75, 3.05) is 13.3 Å². The van der Waals surface area contributed by atoms with Crippen LogP contribution in [0.1, 0.15) is 29.5 Å². The molecule has 0 fully saturated rings. The van der Waals surface area contributed by atoms with E-state index in [1.165, 1.54) is 5.56 Å². The molecule has 0 spiro atoms. The van der Waals surface area contributed by atoms with Gasteiger partial charge < -0.3 is 13.7 Å². The number of benzene rings is 1. The molecule has 1 aromatic carbocycles. The van der Waals surface area contributed by atoms with Gasteiger partial charge in [0, 0.05) is 43.0 Å². The van der Waals surface area contributed by atoms with Gasteiger partial charge in [-0.15, -0.1) is 0 Å². The number of nitrogens with zero attached hydrogens (tertiary/aromatic N) is 3. The molecular formula is C20H21N3O3. The molecule has 0 saturated carbocycles. The molecule has 0 radical (unpaired) electrons. The SMILES string of the molecule is O=c1oc2c3c(ccc2c2c1CCC2)OCN(CCCn1ccnc1)C3. The van der Waals surface area contributed by atoms with Gasteiger partial charge in [0.25, 0.3) is 0 Å². The maximum Gasteiger partial charge on any atom is 0.339 e. The average molecular weight is 351 g/mol. The Balaban J connectivity index is 1.42. The third kappa shape index (κ3) is 2.61. The third-order valence-corrected chi connectivity index (χ3v) is 5.44. The highest BCUT2D eigenvalue weighted by Gasteiger charge is 2.25.